The molecule has 0 bridgehead atoms. The van der Waals surface area contributed by atoms with Gasteiger partial charge in [0.25, 0.3) is 0 Å². The number of rotatable bonds is 14. The fourth-order valence-corrected chi connectivity index (χ4v) is 3.91. The van der Waals surface area contributed by atoms with E-state index in [0.717, 1.165) is 75.2 Å². The van der Waals surface area contributed by atoms with E-state index in [2.05, 4.69) is 66.3 Å². The monoisotopic (exact) mass is 426 g/mol. The zero-order chi connectivity index (χ0) is 21.7. The molecule has 0 fully saturated rings. The zero-order valence-corrected chi connectivity index (χ0v) is 20.1. The Bertz CT molecular complexity index is 598. The van der Waals surface area contributed by atoms with Gasteiger partial charge in [0, 0.05) is 39.2 Å². The van der Waals surface area contributed by atoms with E-state index in [0.29, 0.717) is 5.92 Å². The summed E-state index contributed by atoms with van der Waals surface area (Å²) in [6.45, 7) is 14.5. The van der Waals surface area contributed by atoms with Gasteiger partial charge in [0.2, 0.25) is 0 Å². The molecule has 0 atom stereocenters. The molecule has 0 unspecified atom stereocenters. The Morgan fingerprint density at radius 2 is 1.93 bits per heavy atom. The zero-order valence-electron chi connectivity index (χ0n) is 19.3. The lowest BCUT2D eigenvalue weighted by molar-refractivity contribution is 0.175. The molecule has 7 nitrogen and oxygen atoms in total. The van der Waals surface area contributed by atoms with Crippen molar-refractivity contribution in [1.82, 2.24) is 25.4 Å². The van der Waals surface area contributed by atoms with E-state index in [4.69, 9.17) is 4.99 Å². The van der Waals surface area contributed by atoms with Crippen molar-refractivity contribution in [1.29, 1.82) is 0 Å². The Labute approximate surface area is 181 Å². The van der Waals surface area contributed by atoms with Crippen LogP contribution in [0.4, 0.5) is 0 Å². The number of hydrogen-bond acceptors (Lipinski definition) is 5. The van der Waals surface area contributed by atoms with Gasteiger partial charge in [0.15, 0.2) is 11.1 Å². The number of aryl methyl sites for hydroxylation is 1. The molecule has 1 aromatic rings. The van der Waals surface area contributed by atoms with Gasteiger partial charge in [0.05, 0.1) is 0 Å². The van der Waals surface area contributed by atoms with Crippen molar-refractivity contribution in [3.05, 3.63) is 5.82 Å². The molecule has 3 N–H and O–H groups in total. The average molecular weight is 427 g/mol. The summed E-state index contributed by atoms with van der Waals surface area (Å²) in [7, 11) is 0. The minimum absolute atomic E-state index is 0.0819. The van der Waals surface area contributed by atoms with E-state index >= 15 is 0 Å². The van der Waals surface area contributed by atoms with Crippen LogP contribution >= 0.6 is 11.8 Å². The SMILES string of the molecule is CCNC(=NCC(CC)(CC)CCO)NCCCc1nnc(SC)n1CC(C)C. The molecule has 0 aliphatic heterocycles. The molecule has 168 valence electrons. The molecule has 1 heterocycles. The third-order valence-electron chi connectivity index (χ3n) is 5.45. The highest BCUT2D eigenvalue weighted by molar-refractivity contribution is 7.98. The predicted octanol–water partition coefficient (Wildman–Crippen LogP) is 3.33. The Kier molecular flexibility index (Phi) is 12.3. The van der Waals surface area contributed by atoms with Crippen molar-refractivity contribution < 1.29 is 5.11 Å². The van der Waals surface area contributed by atoms with Crippen molar-refractivity contribution >= 4 is 17.7 Å². The average Bonchev–Trinajstić information content (AvgIpc) is 3.09. The summed E-state index contributed by atoms with van der Waals surface area (Å²) in [6, 6.07) is 0. The first-order valence-corrected chi connectivity index (χ1v) is 12.3. The summed E-state index contributed by atoms with van der Waals surface area (Å²) >= 11 is 1.65. The minimum atomic E-state index is 0.0819. The number of nitrogens with zero attached hydrogens (tertiary/aromatic N) is 4. The van der Waals surface area contributed by atoms with Crippen LogP contribution in [0.5, 0.6) is 0 Å². The van der Waals surface area contributed by atoms with Gasteiger partial charge >= 0.3 is 0 Å². The van der Waals surface area contributed by atoms with E-state index in [1.54, 1.807) is 11.8 Å². The van der Waals surface area contributed by atoms with E-state index in [-0.39, 0.29) is 12.0 Å². The second kappa shape index (κ2) is 13.9. The normalized spacial score (nSPS) is 12.6. The standard InChI is InChI=1S/C21H42N6OS/c1-7-21(8-2,12-14-28)16-24-19(22-9-3)23-13-10-11-18-25-26-20(29-6)27(18)15-17(4)5/h17,28H,7-16H2,1-6H3,(H2,22,23,24). The number of guanidine groups is 1. The predicted molar refractivity (Wildman–Crippen MR) is 124 cm³/mol. The number of hydrogen-bond donors (Lipinski definition) is 3. The summed E-state index contributed by atoms with van der Waals surface area (Å²) in [5.74, 6) is 2.48. The molecule has 0 aliphatic carbocycles. The molecule has 0 aromatic carbocycles. The summed E-state index contributed by atoms with van der Waals surface area (Å²) in [5, 5.41) is 25.9. The molecule has 0 amide bonds. The quantitative estimate of drug-likeness (QED) is 0.183. The first-order chi connectivity index (χ1) is 13.9. The summed E-state index contributed by atoms with van der Waals surface area (Å²) in [5.41, 5.74) is 0.0819. The maximum Gasteiger partial charge on any atom is 0.191 e. The van der Waals surface area contributed by atoms with Gasteiger partial charge in [-0.2, -0.15) is 0 Å². The highest BCUT2D eigenvalue weighted by Crippen LogP contribution is 2.30. The van der Waals surface area contributed by atoms with Crippen LogP contribution in [0.2, 0.25) is 0 Å². The fraction of sp³-hybridized carbons (Fsp3) is 0.857. The van der Waals surface area contributed by atoms with Crippen molar-refractivity contribution in [3.63, 3.8) is 0 Å². The van der Waals surface area contributed by atoms with E-state index in [9.17, 15) is 5.11 Å². The maximum absolute atomic E-state index is 9.42. The number of aliphatic hydroxyl groups excluding tert-OH is 1. The molecule has 8 heteroatoms. The minimum Gasteiger partial charge on any atom is -0.396 e. The molecule has 1 rings (SSSR count). The van der Waals surface area contributed by atoms with Gasteiger partial charge < -0.3 is 20.3 Å². The lowest BCUT2D eigenvalue weighted by Gasteiger charge is -2.29. The van der Waals surface area contributed by atoms with Gasteiger partial charge in [-0.1, -0.05) is 39.5 Å². The summed E-state index contributed by atoms with van der Waals surface area (Å²) in [4.78, 5) is 4.81. The van der Waals surface area contributed by atoms with Crippen LogP contribution in [0.15, 0.2) is 10.1 Å². The molecular weight excluding hydrogens is 384 g/mol. The van der Waals surface area contributed by atoms with Gasteiger partial charge in [-0.05, 0) is 50.2 Å². The molecule has 0 saturated carbocycles. The number of aliphatic imine (C=N–C) groups is 1. The lowest BCUT2D eigenvalue weighted by Crippen LogP contribution is -2.39. The topological polar surface area (TPSA) is 87.4 Å². The molecule has 0 spiro atoms. The first kappa shape index (κ1) is 25.8. The number of nitrogens with one attached hydrogen (secondary N) is 2. The lowest BCUT2D eigenvalue weighted by atomic mass is 9.79. The van der Waals surface area contributed by atoms with Crippen LogP contribution < -0.4 is 10.6 Å². The fourth-order valence-electron chi connectivity index (χ4n) is 3.39. The molecule has 0 saturated heterocycles. The smallest absolute Gasteiger partial charge is 0.191 e. The highest BCUT2D eigenvalue weighted by Gasteiger charge is 2.25. The van der Waals surface area contributed by atoms with Gasteiger partial charge in [-0.3, -0.25) is 4.99 Å². The van der Waals surface area contributed by atoms with Gasteiger partial charge in [-0.25, -0.2) is 0 Å². The maximum atomic E-state index is 9.42. The van der Waals surface area contributed by atoms with Crippen LogP contribution in [0.25, 0.3) is 0 Å². The van der Waals surface area contributed by atoms with E-state index in [1.165, 1.54) is 0 Å². The Balaban J connectivity index is 2.64. The Morgan fingerprint density at radius 3 is 2.48 bits per heavy atom. The largest absolute Gasteiger partial charge is 0.396 e. The molecule has 0 aliphatic rings. The molecule has 1 aromatic heterocycles. The van der Waals surface area contributed by atoms with Crippen molar-refractivity contribution in [2.45, 2.75) is 78.4 Å². The van der Waals surface area contributed by atoms with Gasteiger partial charge in [0.1, 0.15) is 5.82 Å². The van der Waals surface area contributed by atoms with Crippen molar-refractivity contribution in [3.8, 4) is 0 Å². The number of aliphatic hydroxyl groups is 1. The Hall–Kier alpha value is -1.28. The number of thioether (sulfide) groups is 1. The van der Waals surface area contributed by atoms with Crippen molar-refractivity contribution in [2.75, 3.05) is 32.5 Å². The van der Waals surface area contributed by atoms with Crippen LogP contribution in [-0.4, -0.2) is 58.3 Å². The van der Waals surface area contributed by atoms with Crippen LogP contribution in [-0.2, 0) is 13.0 Å². The molecule has 29 heavy (non-hydrogen) atoms. The van der Waals surface area contributed by atoms with E-state index in [1.807, 2.05) is 0 Å². The summed E-state index contributed by atoms with van der Waals surface area (Å²) in [6.07, 6.45) is 6.76. The van der Waals surface area contributed by atoms with Gasteiger partial charge in [-0.15, -0.1) is 10.2 Å². The van der Waals surface area contributed by atoms with E-state index < -0.39 is 0 Å². The molecular formula is C21H42N6OS. The van der Waals surface area contributed by atoms with Crippen LogP contribution in [0.3, 0.4) is 0 Å². The third kappa shape index (κ3) is 8.54. The van der Waals surface area contributed by atoms with Crippen LogP contribution in [0, 0.1) is 11.3 Å². The summed E-state index contributed by atoms with van der Waals surface area (Å²) < 4.78 is 2.25. The number of aromatic nitrogens is 3. The Morgan fingerprint density at radius 1 is 1.21 bits per heavy atom. The van der Waals surface area contributed by atoms with Crippen LogP contribution in [0.1, 0.15) is 66.1 Å². The highest BCUT2D eigenvalue weighted by atomic mass is 32.2. The first-order valence-electron chi connectivity index (χ1n) is 11.0. The third-order valence-corrected chi connectivity index (χ3v) is 6.12. The molecule has 0 radical (unpaired) electrons. The second-order valence-electron chi connectivity index (χ2n) is 8.01. The van der Waals surface area contributed by atoms with Crippen molar-refractivity contribution in [2.24, 2.45) is 16.3 Å². The second-order valence-corrected chi connectivity index (χ2v) is 8.79.